The zero-order valence-corrected chi connectivity index (χ0v) is 21.4. The monoisotopic (exact) mass is 489 g/mol. The highest BCUT2D eigenvalue weighted by Crippen LogP contribution is 2.24. The van der Waals surface area contributed by atoms with Gasteiger partial charge in [-0.05, 0) is 49.1 Å². The highest BCUT2D eigenvalue weighted by molar-refractivity contribution is 7.92. The van der Waals surface area contributed by atoms with Gasteiger partial charge in [0.25, 0.3) is 0 Å². The van der Waals surface area contributed by atoms with Crippen LogP contribution in [-0.2, 0) is 32.6 Å². The smallest absolute Gasteiger partial charge is 0.244 e. The van der Waals surface area contributed by atoms with E-state index in [9.17, 15) is 18.0 Å². The van der Waals surface area contributed by atoms with Gasteiger partial charge in [0, 0.05) is 13.1 Å². The first-order chi connectivity index (χ1) is 16.1. The number of nitrogens with one attached hydrogen (secondary N) is 1. The molecule has 1 atom stereocenters. The third-order valence-corrected chi connectivity index (χ3v) is 6.65. The van der Waals surface area contributed by atoms with E-state index in [1.807, 2.05) is 32.0 Å². The third kappa shape index (κ3) is 7.21. The number of hydrogen-bond acceptors (Lipinski definition) is 5. The Kier molecular flexibility index (Phi) is 9.92. The molecule has 0 aliphatic carbocycles. The molecule has 1 N–H and O–H groups in total. The van der Waals surface area contributed by atoms with Crippen molar-refractivity contribution in [2.24, 2.45) is 0 Å². The van der Waals surface area contributed by atoms with Gasteiger partial charge in [-0.15, -0.1) is 0 Å². The molecule has 2 rings (SSSR count). The van der Waals surface area contributed by atoms with Gasteiger partial charge in [-0.1, -0.05) is 44.2 Å². The first kappa shape index (κ1) is 27.2. The number of carbonyl (C=O) groups is 2. The number of hydrogen-bond donors (Lipinski definition) is 1. The summed E-state index contributed by atoms with van der Waals surface area (Å²) < 4.78 is 31.8. The lowest BCUT2D eigenvalue weighted by atomic mass is 10.1. The molecule has 0 radical (unpaired) electrons. The van der Waals surface area contributed by atoms with Gasteiger partial charge in [0.15, 0.2) is 0 Å². The highest BCUT2D eigenvalue weighted by Gasteiger charge is 2.30. The zero-order chi connectivity index (χ0) is 25.3. The molecule has 0 saturated heterocycles. The van der Waals surface area contributed by atoms with E-state index in [4.69, 9.17) is 4.74 Å². The number of carbonyl (C=O) groups excluding carboxylic acids is 2. The van der Waals surface area contributed by atoms with Crippen LogP contribution in [0, 0.1) is 0 Å². The largest absolute Gasteiger partial charge is 0.497 e. The van der Waals surface area contributed by atoms with Crippen LogP contribution in [0.5, 0.6) is 5.75 Å². The number of aryl methyl sites for hydroxylation is 1. The van der Waals surface area contributed by atoms with Gasteiger partial charge in [0.2, 0.25) is 21.8 Å². The second-order valence-corrected chi connectivity index (χ2v) is 10.00. The summed E-state index contributed by atoms with van der Waals surface area (Å²) in [6.07, 6.45) is 2.45. The molecule has 1 unspecified atom stereocenters. The third-order valence-electron chi connectivity index (χ3n) is 5.52. The molecule has 0 aromatic heterocycles. The summed E-state index contributed by atoms with van der Waals surface area (Å²) in [4.78, 5) is 27.7. The van der Waals surface area contributed by atoms with Crippen molar-refractivity contribution >= 4 is 27.5 Å². The molecule has 186 valence electrons. The van der Waals surface area contributed by atoms with E-state index in [1.54, 1.807) is 44.4 Å². The molecule has 0 bridgehead atoms. The predicted molar refractivity (Wildman–Crippen MR) is 134 cm³/mol. The molecule has 0 aliphatic heterocycles. The van der Waals surface area contributed by atoms with Gasteiger partial charge in [-0.25, -0.2) is 8.42 Å². The maximum atomic E-state index is 13.6. The fourth-order valence-electron chi connectivity index (χ4n) is 3.59. The minimum atomic E-state index is -3.76. The molecular formula is C25H35N3O5S. The number of benzene rings is 2. The van der Waals surface area contributed by atoms with E-state index < -0.39 is 28.5 Å². The lowest BCUT2D eigenvalue weighted by Crippen LogP contribution is -2.51. The van der Waals surface area contributed by atoms with Crippen LogP contribution in [0.2, 0.25) is 0 Å². The summed E-state index contributed by atoms with van der Waals surface area (Å²) in [7, 11) is -2.20. The summed E-state index contributed by atoms with van der Waals surface area (Å²) in [6, 6.07) is 13.5. The van der Waals surface area contributed by atoms with Crippen LogP contribution in [0.1, 0.15) is 38.3 Å². The van der Waals surface area contributed by atoms with Crippen LogP contribution in [0.25, 0.3) is 0 Å². The average molecular weight is 490 g/mol. The van der Waals surface area contributed by atoms with E-state index >= 15 is 0 Å². The lowest BCUT2D eigenvalue weighted by molar-refractivity contribution is -0.139. The quantitative estimate of drug-likeness (QED) is 0.495. The number of amides is 2. The number of ether oxygens (including phenoxy) is 1. The average Bonchev–Trinajstić information content (AvgIpc) is 2.83. The number of anilines is 1. The van der Waals surface area contributed by atoms with Gasteiger partial charge in [-0.3, -0.25) is 13.9 Å². The molecule has 2 aromatic carbocycles. The topological polar surface area (TPSA) is 96.0 Å². The summed E-state index contributed by atoms with van der Waals surface area (Å²) in [5.41, 5.74) is 2.04. The Morgan fingerprint density at radius 3 is 2.41 bits per heavy atom. The van der Waals surface area contributed by atoms with Crippen molar-refractivity contribution in [1.82, 2.24) is 10.2 Å². The molecule has 2 amide bonds. The second kappa shape index (κ2) is 12.4. The van der Waals surface area contributed by atoms with Gasteiger partial charge < -0.3 is 15.0 Å². The van der Waals surface area contributed by atoms with Crippen LogP contribution in [0.4, 0.5) is 5.69 Å². The van der Waals surface area contributed by atoms with Crippen LogP contribution in [0.15, 0.2) is 48.5 Å². The summed E-state index contributed by atoms with van der Waals surface area (Å²) in [6.45, 7) is 5.72. The maximum Gasteiger partial charge on any atom is 0.244 e. The Morgan fingerprint density at radius 2 is 1.79 bits per heavy atom. The number of sulfonamides is 1. The SMILES string of the molecule is CCCNC(=O)C(C)N(Cc1cccc(OC)c1)C(=O)CN(c1ccccc1CC)S(C)(=O)=O. The Labute approximate surface area is 202 Å². The van der Waals surface area contributed by atoms with Crippen LogP contribution >= 0.6 is 0 Å². The van der Waals surface area contributed by atoms with Crippen molar-refractivity contribution in [3.8, 4) is 5.75 Å². The predicted octanol–water partition coefficient (Wildman–Crippen LogP) is 2.97. The number of methoxy groups -OCH3 is 1. The van der Waals surface area contributed by atoms with E-state index in [0.29, 0.717) is 24.4 Å². The fourth-order valence-corrected chi connectivity index (χ4v) is 4.47. The van der Waals surface area contributed by atoms with Gasteiger partial charge in [-0.2, -0.15) is 0 Å². The highest BCUT2D eigenvalue weighted by atomic mass is 32.2. The minimum absolute atomic E-state index is 0.129. The van der Waals surface area contributed by atoms with Crippen molar-refractivity contribution in [2.45, 2.75) is 46.2 Å². The second-order valence-electron chi connectivity index (χ2n) is 8.09. The molecule has 8 nitrogen and oxygen atoms in total. The molecule has 0 aliphatic rings. The van der Waals surface area contributed by atoms with Gasteiger partial charge >= 0.3 is 0 Å². The Hall–Kier alpha value is -3.07. The molecule has 2 aromatic rings. The Morgan fingerprint density at radius 1 is 1.09 bits per heavy atom. The Balaban J connectivity index is 2.42. The van der Waals surface area contributed by atoms with E-state index in [-0.39, 0.29) is 12.5 Å². The van der Waals surface area contributed by atoms with Crippen molar-refractivity contribution < 1.29 is 22.7 Å². The number of rotatable bonds is 12. The maximum absolute atomic E-state index is 13.6. The molecule has 9 heteroatoms. The molecular weight excluding hydrogens is 454 g/mol. The van der Waals surface area contributed by atoms with Crippen molar-refractivity contribution in [3.05, 3.63) is 59.7 Å². The van der Waals surface area contributed by atoms with Crippen LogP contribution < -0.4 is 14.4 Å². The molecule has 0 heterocycles. The standard InChI is InChI=1S/C25H35N3O5S/c1-6-15-26-25(30)19(3)27(17-20-11-10-13-22(16-20)33-4)24(29)18-28(34(5,31)32)23-14-9-8-12-21(23)7-2/h8-14,16,19H,6-7,15,17-18H2,1-5H3,(H,26,30). The minimum Gasteiger partial charge on any atom is -0.497 e. The number of nitrogens with zero attached hydrogens (tertiary/aromatic N) is 2. The lowest BCUT2D eigenvalue weighted by Gasteiger charge is -2.32. The number of para-hydroxylation sites is 1. The molecule has 34 heavy (non-hydrogen) atoms. The van der Waals surface area contributed by atoms with Crippen molar-refractivity contribution in [2.75, 3.05) is 30.8 Å². The first-order valence-corrected chi connectivity index (χ1v) is 13.2. The summed E-state index contributed by atoms with van der Waals surface area (Å²) >= 11 is 0. The van der Waals surface area contributed by atoms with E-state index in [2.05, 4.69) is 5.32 Å². The van der Waals surface area contributed by atoms with Crippen LogP contribution in [-0.4, -0.2) is 57.6 Å². The zero-order valence-electron chi connectivity index (χ0n) is 20.6. The summed E-state index contributed by atoms with van der Waals surface area (Å²) in [5, 5.41) is 2.82. The van der Waals surface area contributed by atoms with Crippen LogP contribution in [0.3, 0.4) is 0 Å². The Bertz CT molecular complexity index is 1090. The van der Waals surface area contributed by atoms with Crippen molar-refractivity contribution in [1.29, 1.82) is 0 Å². The molecule has 0 spiro atoms. The first-order valence-electron chi connectivity index (χ1n) is 11.4. The fraction of sp³-hybridized carbons (Fsp3) is 0.440. The normalized spacial score (nSPS) is 12.0. The van der Waals surface area contributed by atoms with Crippen molar-refractivity contribution in [3.63, 3.8) is 0 Å². The van der Waals surface area contributed by atoms with E-state index in [1.165, 1.54) is 4.90 Å². The van der Waals surface area contributed by atoms with Gasteiger partial charge in [0.05, 0.1) is 19.1 Å². The molecule has 0 fully saturated rings. The van der Waals surface area contributed by atoms with Gasteiger partial charge in [0.1, 0.15) is 18.3 Å². The summed E-state index contributed by atoms with van der Waals surface area (Å²) in [5.74, 6) is -0.140. The van der Waals surface area contributed by atoms with E-state index in [0.717, 1.165) is 28.1 Å². The molecule has 0 saturated carbocycles.